The van der Waals surface area contributed by atoms with Gasteiger partial charge in [-0.05, 0) is 50.8 Å². The lowest BCUT2D eigenvalue weighted by molar-refractivity contribution is -0.127. The number of carbonyl (C=O) groups excluding carboxylic acids is 2. The van der Waals surface area contributed by atoms with Crippen LogP contribution in [0.2, 0.25) is 0 Å². The van der Waals surface area contributed by atoms with Crippen LogP contribution < -0.4 is 5.32 Å². The molecule has 1 fully saturated rings. The third kappa shape index (κ3) is 5.06. The molecule has 1 heterocycles. The Kier molecular flexibility index (Phi) is 5.42. The predicted octanol–water partition coefficient (Wildman–Crippen LogP) is 1.74. The number of nitrogens with zero attached hydrogens (tertiary/aromatic N) is 1. The summed E-state index contributed by atoms with van der Waals surface area (Å²) >= 11 is 0. The Morgan fingerprint density at radius 3 is 2.78 bits per heavy atom. The van der Waals surface area contributed by atoms with Crippen molar-refractivity contribution in [1.29, 1.82) is 0 Å². The average molecular weight is 318 g/mol. The van der Waals surface area contributed by atoms with E-state index in [1.807, 2.05) is 18.2 Å². The van der Waals surface area contributed by atoms with E-state index in [4.69, 9.17) is 0 Å². The third-order valence-electron chi connectivity index (χ3n) is 4.35. The van der Waals surface area contributed by atoms with Crippen molar-refractivity contribution in [2.45, 2.75) is 51.2 Å². The van der Waals surface area contributed by atoms with Gasteiger partial charge in [-0.3, -0.25) is 9.59 Å². The number of rotatable bonds is 6. The van der Waals surface area contributed by atoms with E-state index in [1.165, 1.54) is 0 Å². The molecule has 1 aromatic rings. The number of aryl methyl sites for hydroxylation is 1. The second-order valence-corrected chi connectivity index (χ2v) is 6.92. The SMILES string of the molecule is CN1C(=O)CC[C@@H]1CNC(=O)c1cccc(CCC(C)(C)O)c1. The molecular weight excluding hydrogens is 292 g/mol. The molecule has 2 rings (SSSR count). The topological polar surface area (TPSA) is 69.6 Å². The van der Waals surface area contributed by atoms with E-state index >= 15 is 0 Å². The average Bonchev–Trinajstić information content (AvgIpc) is 2.82. The van der Waals surface area contributed by atoms with Crippen molar-refractivity contribution in [2.75, 3.05) is 13.6 Å². The summed E-state index contributed by atoms with van der Waals surface area (Å²) in [5, 5.41) is 12.7. The van der Waals surface area contributed by atoms with Crippen molar-refractivity contribution in [3.8, 4) is 0 Å². The normalized spacial score (nSPS) is 18.3. The minimum absolute atomic E-state index is 0.0878. The third-order valence-corrected chi connectivity index (χ3v) is 4.35. The van der Waals surface area contributed by atoms with Gasteiger partial charge in [-0.15, -0.1) is 0 Å². The molecule has 0 unspecified atom stereocenters. The summed E-state index contributed by atoms with van der Waals surface area (Å²) in [5.41, 5.74) is 0.941. The predicted molar refractivity (Wildman–Crippen MR) is 89.2 cm³/mol. The number of amides is 2. The lowest BCUT2D eigenvalue weighted by Gasteiger charge is -2.20. The van der Waals surface area contributed by atoms with Crippen molar-refractivity contribution in [3.63, 3.8) is 0 Å². The Morgan fingerprint density at radius 1 is 1.43 bits per heavy atom. The minimum Gasteiger partial charge on any atom is -0.390 e. The van der Waals surface area contributed by atoms with E-state index in [0.717, 1.165) is 18.4 Å². The number of likely N-dealkylation sites (tertiary alicyclic amines) is 1. The van der Waals surface area contributed by atoms with Gasteiger partial charge >= 0.3 is 0 Å². The molecule has 2 amide bonds. The molecule has 5 nitrogen and oxygen atoms in total. The fourth-order valence-corrected chi connectivity index (χ4v) is 2.73. The van der Waals surface area contributed by atoms with Crippen LogP contribution in [-0.2, 0) is 11.2 Å². The molecule has 0 bridgehead atoms. The van der Waals surface area contributed by atoms with Crippen molar-refractivity contribution in [1.82, 2.24) is 10.2 Å². The molecule has 1 aliphatic heterocycles. The zero-order valence-electron chi connectivity index (χ0n) is 14.1. The van der Waals surface area contributed by atoms with Gasteiger partial charge in [0.15, 0.2) is 0 Å². The summed E-state index contributed by atoms with van der Waals surface area (Å²) in [5.74, 6) is 0.0146. The van der Waals surface area contributed by atoms with E-state index in [0.29, 0.717) is 24.9 Å². The lowest BCUT2D eigenvalue weighted by Crippen LogP contribution is -2.39. The molecule has 126 valence electrons. The van der Waals surface area contributed by atoms with E-state index in [9.17, 15) is 14.7 Å². The zero-order chi connectivity index (χ0) is 17.0. The van der Waals surface area contributed by atoms with Crippen LogP contribution in [0.15, 0.2) is 24.3 Å². The van der Waals surface area contributed by atoms with Crippen LogP contribution in [-0.4, -0.2) is 47.1 Å². The van der Waals surface area contributed by atoms with Crippen molar-refractivity contribution >= 4 is 11.8 Å². The summed E-state index contributed by atoms with van der Waals surface area (Å²) < 4.78 is 0. The Bertz CT molecular complexity index is 578. The summed E-state index contributed by atoms with van der Waals surface area (Å²) in [6.45, 7) is 4.04. The maximum atomic E-state index is 12.3. The second-order valence-electron chi connectivity index (χ2n) is 6.92. The highest BCUT2D eigenvalue weighted by molar-refractivity contribution is 5.94. The fourth-order valence-electron chi connectivity index (χ4n) is 2.73. The Balaban J connectivity index is 1.90. The molecule has 0 spiro atoms. The first-order chi connectivity index (χ1) is 10.8. The van der Waals surface area contributed by atoms with Crippen molar-refractivity contribution < 1.29 is 14.7 Å². The van der Waals surface area contributed by atoms with Gasteiger partial charge in [0.2, 0.25) is 5.91 Å². The van der Waals surface area contributed by atoms with Gasteiger partial charge in [0, 0.05) is 31.6 Å². The van der Waals surface area contributed by atoms with Crippen LogP contribution >= 0.6 is 0 Å². The number of benzene rings is 1. The fraction of sp³-hybridized carbons (Fsp3) is 0.556. The standard InChI is InChI=1S/C18H26N2O3/c1-18(2,23)10-9-13-5-4-6-14(11-13)17(22)19-12-15-7-8-16(21)20(15)3/h4-6,11,15,23H,7-10,12H2,1-3H3,(H,19,22)/t15-/m1/s1. The van der Waals surface area contributed by atoms with Crippen LogP contribution in [0.4, 0.5) is 0 Å². The first-order valence-corrected chi connectivity index (χ1v) is 8.11. The molecule has 5 heteroatoms. The second kappa shape index (κ2) is 7.13. The van der Waals surface area contributed by atoms with Crippen LogP contribution in [0.3, 0.4) is 0 Å². The number of nitrogens with one attached hydrogen (secondary N) is 1. The van der Waals surface area contributed by atoms with Crippen LogP contribution in [0.1, 0.15) is 49.0 Å². The number of carbonyl (C=O) groups is 2. The van der Waals surface area contributed by atoms with Gasteiger partial charge in [0.05, 0.1) is 5.60 Å². The van der Waals surface area contributed by atoms with Gasteiger partial charge in [-0.25, -0.2) is 0 Å². The maximum Gasteiger partial charge on any atom is 0.251 e. The van der Waals surface area contributed by atoms with Gasteiger partial charge in [0.1, 0.15) is 0 Å². The van der Waals surface area contributed by atoms with Gasteiger partial charge in [0.25, 0.3) is 5.91 Å². The lowest BCUT2D eigenvalue weighted by atomic mass is 9.98. The molecule has 0 aromatic heterocycles. The zero-order valence-corrected chi connectivity index (χ0v) is 14.1. The van der Waals surface area contributed by atoms with Gasteiger partial charge in [-0.2, -0.15) is 0 Å². The molecule has 0 saturated carbocycles. The summed E-state index contributed by atoms with van der Waals surface area (Å²) in [7, 11) is 1.78. The molecule has 0 aliphatic carbocycles. The number of hydrogen-bond acceptors (Lipinski definition) is 3. The smallest absolute Gasteiger partial charge is 0.251 e. The Hall–Kier alpha value is -1.88. The molecule has 0 radical (unpaired) electrons. The highest BCUT2D eigenvalue weighted by Crippen LogP contribution is 2.16. The van der Waals surface area contributed by atoms with Crippen molar-refractivity contribution in [2.24, 2.45) is 0 Å². The van der Waals surface area contributed by atoms with Crippen LogP contribution in [0.25, 0.3) is 0 Å². The summed E-state index contributed by atoms with van der Waals surface area (Å²) in [6, 6.07) is 7.56. The van der Waals surface area contributed by atoms with E-state index in [-0.39, 0.29) is 17.9 Å². The summed E-state index contributed by atoms with van der Waals surface area (Å²) in [6.07, 6.45) is 2.72. The molecular formula is C18H26N2O3. The molecule has 1 aliphatic rings. The number of likely N-dealkylation sites (N-methyl/N-ethyl adjacent to an activating group) is 1. The maximum absolute atomic E-state index is 12.3. The molecule has 1 aromatic carbocycles. The van der Waals surface area contributed by atoms with Crippen molar-refractivity contribution in [3.05, 3.63) is 35.4 Å². The minimum atomic E-state index is -0.710. The Morgan fingerprint density at radius 2 is 2.17 bits per heavy atom. The van der Waals surface area contributed by atoms with E-state index < -0.39 is 5.60 Å². The molecule has 2 N–H and O–H groups in total. The number of hydrogen-bond donors (Lipinski definition) is 2. The van der Waals surface area contributed by atoms with Crippen LogP contribution in [0.5, 0.6) is 0 Å². The van der Waals surface area contributed by atoms with E-state index in [1.54, 1.807) is 31.9 Å². The van der Waals surface area contributed by atoms with Gasteiger partial charge in [-0.1, -0.05) is 12.1 Å². The van der Waals surface area contributed by atoms with E-state index in [2.05, 4.69) is 5.32 Å². The number of aliphatic hydroxyl groups is 1. The molecule has 23 heavy (non-hydrogen) atoms. The molecule has 1 atom stereocenters. The first kappa shape index (κ1) is 17.5. The highest BCUT2D eigenvalue weighted by atomic mass is 16.3. The molecule has 1 saturated heterocycles. The highest BCUT2D eigenvalue weighted by Gasteiger charge is 2.27. The largest absolute Gasteiger partial charge is 0.390 e. The first-order valence-electron chi connectivity index (χ1n) is 8.11. The Labute approximate surface area is 137 Å². The van der Waals surface area contributed by atoms with Gasteiger partial charge < -0.3 is 15.3 Å². The quantitative estimate of drug-likeness (QED) is 0.839. The van der Waals surface area contributed by atoms with Crippen LogP contribution in [0, 0.1) is 0 Å². The monoisotopic (exact) mass is 318 g/mol. The summed E-state index contributed by atoms with van der Waals surface area (Å²) in [4.78, 5) is 25.5.